The quantitative estimate of drug-likeness (QED) is 0.842. The molecule has 0 saturated heterocycles. The van der Waals surface area contributed by atoms with Gasteiger partial charge in [0.05, 0.1) is 11.8 Å². The number of carbonyl (C=O) groups is 1. The van der Waals surface area contributed by atoms with Crippen molar-refractivity contribution in [2.75, 3.05) is 0 Å². The molecule has 6 atom stereocenters. The molecular weight excluding hydrogens is 283 g/mol. The van der Waals surface area contributed by atoms with E-state index in [1.165, 1.54) is 0 Å². The van der Waals surface area contributed by atoms with Crippen LogP contribution in [-0.2, 0) is 4.79 Å². The lowest BCUT2D eigenvalue weighted by molar-refractivity contribution is -0.184. The Bertz CT molecular complexity index is 412. The average molecular weight is 305 g/mol. The SMILES string of the molecule is O=C(O)C1C2CCC(C2)C1NC1CCCC(C(F)(F)F)C1. The third kappa shape index (κ3) is 2.91. The first kappa shape index (κ1) is 15.1. The van der Waals surface area contributed by atoms with Gasteiger partial charge in [0, 0.05) is 12.1 Å². The Kier molecular flexibility index (Phi) is 3.93. The van der Waals surface area contributed by atoms with Gasteiger partial charge in [-0.05, 0) is 50.4 Å². The molecule has 0 radical (unpaired) electrons. The fraction of sp³-hybridized carbons (Fsp3) is 0.933. The first-order valence-corrected chi connectivity index (χ1v) is 7.92. The van der Waals surface area contributed by atoms with E-state index in [4.69, 9.17) is 0 Å². The monoisotopic (exact) mass is 305 g/mol. The minimum absolute atomic E-state index is 0.101. The summed E-state index contributed by atoms with van der Waals surface area (Å²) in [7, 11) is 0. The van der Waals surface area contributed by atoms with Crippen LogP contribution in [0.4, 0.5) is 13.2 Å². The zero-order valence-corrected chi connectivity index (χ0v) is 11.9. The van der Waals surface area contributed by atoms with Crippen molar-refractivity contribution in [1.82, 2.24) is 5.32 Å². The molecule has 3 aliphatic carbocycles. The maximum absolute atomic E-state index is 12.9. The molecule has 0 aromatic rings. The first-order chi connectivity index (χ1) is 9.86. The van der Waals surface area contributed by atoms with Crippen molar-refractivity contribution in [1.29, 1.82) is 0 Å². The Morgan fingerprint density at radius 3 is 2.43 bits per heavy atom. The van der Waals surface area contributed by atoms with Gasteiger partial charge >= 0.3 is 12.1 Å². The van der Waals surface area contributed by atoms with Gasteiger partial charge in [0.2, 0.25) is 0 Å². The Morgan fingerprint density at radius 1 is 1.05 bits per heavy atom. The standard InChI is InChI=1S/C15H22F3NO2/c16-15(17,18)10-2-1-3-11(7-10)19-13-9-5-4-8(6-9)12(13)14(20)21/h8-13,19H,1-7H2,(H,20,21). The van der Waals surface area contributed by atoms with Gasteiger partial charge in [-0.3, -0.25) is 4.79 Å². The van der Waals surface area contributed by atoms with E-state index in [2.05, 4.69) is 5.32 Å². The Hall–Kier alpha value is -0.780. The van der Waals surface area contributed by atoms with Gasteiger partial charge in [-0.2, -0.15) is 13.2 Å². The van der Waals surface area contributed by atoms with Crippen LogP contribution in [0.25, 0.3) is 0 Å². The van der Waals surface area contributed by atoms with E-state index in [0.29, 0.717) is 12.3 Å². The van der Waals surface area contributed by atoms with Gasteiger partial charge in [0.25, 0.3) is 0 Å². The van der Waals surface area contributed by atoms with E-state index in [0.717, 1.165) is 25.7 Å². The van der Waals surface area contributed by atoms with E-state index in [9.17, 15) is 23.1 Å². The lowest BCUT2D eigenvalue weighted by atomic mass is 9.81. The number of fused-ring (bicyclic) bond motifs is 2. The van der Waals surface area contributed by atoms with Gasteiger partial charge < -0.3 is 10.4 Å². The minimum atomic E-state index is -4.12. The summed E-state index contributed by atoms with van der Waals surface area (Å²) in [6, 6.07) is -0.310. The number of hydrogen-bond donors (Lipinski definition) is 2. The molecule has 0 aromatic carbocycles. The summed E-state index contributed by atoms with van der Waals surface area (Å²) in [5, 5.41) is 12.7. The van der Waals surface area contributed by atoms with Crippen LogP contribution in [0.15, 0.2) is 0 Å². The highest BCUT2D eigenvalue weighted by molar-refractivity contribution is 5.72. The smallest absolute Gasteiger partial charge is 0.391 e. The van der Waals surface area contributed by atoms with Gasteiger partial charge in [-0.15, -0.1) is 0 Å². The van der Waals surface area contributed by atoms with Crippen molar-refractivity contribution in [3.05, 3.63) is 0 Å². The number of halogens is 3. The van der Waals surface area contributed by atoms with Crippen LogP contribution in [-0.4, -0.2) is 29.3 Å². The maximum Gasteiger partial charge on any atom is 0.391 e. The molecule has 3 rings (SSSR count). The highest BCUT2D eigenvalue weighted by atomic mass is 19.4. The molecule has 3 nitrogen and oxygen atoms in total. The molecule has 0 aliphatic heterocycles. The number of alkyl halides is 3. The van der Waals surface area contributed by atoms with Crippen molar-refractivity contribution in [3.8, 4) is 0 Å². The van der Waals surface area contributed by atoms with E-state index < -0.39 is 24.0 Å². The van der Waals surface area contributed by atoms with Crippen LogP contribution >= 0.6 is 0 Å². The Balaban J connectivity index is 1.64. The van der Waals surface area contributed by atoms with Gasteiger partial charge in [-0.25, -0.2) is 0 Å². The zero-order valence-electron chi connectivity index (χ0n) is 11.9. The summed E-state index contributed by atoms with van der Waals surface area (Å²) in [6.07, 6.45) is 0.375. The van der Waals surface area contributed by atoms with E-state index >= 15 is 0 Å². The molecule has 2 bridgehead atoms. The van der Waals surface area contributed by atoms with Crippen molar-refractivity contribution in [3.63, 3.8) is 0 Å². The number of hydrogen-bond acceptors (Lipinski definition) is 2. The summed E-state index contributed by atoms with van der Waals surface area (Å²) in [5.74, 6) is -1.88. The predicted molar refractivity (Wildman–Crippen MR) is 70.7 cm³/mol. The van der Waals surface area contributed by atoms with E-state index in [1.54, 1.807) is 0 Å². The molecule has 2 N–H and O–H groups in total. The minimum Gasteiger partial charge on any atom is -0.481 e. The summed E-state index contributed by atoms with van der Waals surface area (Å²) < 4.78 is 38.6. The first-order valence-electron chi connectivity index (χ1n) is 7.92. The van der Waals surface area contributed by atoms with Crippen molar-refractivity contribution in [2.24, 2.45) is 23.7 Å². The van der Waals surface area contributed by atoms with Gasteiger partial charge in [0.15, 0.2) is 0 Å². The maximum atomic E-state index is 12.9. The fourth-order valence-corrected chi connectivity index (χ4v) is 4.80. The second-order valence-corrected chi connectivity index (χ2v) is 6.99. The largest absolute Gasteiger partial charge is 0.481 e. The molecule has 0 aromatic heterocycles. The van der Waals surface area contributed by atoms with Crippen molar-refractivity contribution >= 4 is 5.97 Å². The molecule has 3 fully saturated rings. The van der Waals surface area contributed by atoms with E-state index in [-0.39, 0.29) is 30.8 Å². The van der Waals surface area contributed by atoms with Crippen LogP contribution in [0.3, 0.4) is 0 Å². The van der Waals surface area contributed by atoms with Crippen LogP contribution in [0.1, 0.15) is 44.9 Å². The number of carboxylic acid groups (broad SMARTS) is 1. The summed E-state index contributed by atoms with van der Waals surface area (Å²) >= 11 is 0. The summed E-state index contributed by atoms with van der Waals surface area (Å²) in [6.45, 7) is 0. The summed E-state index contributed by atoms with van der Waals surface area (Å²) in [5.41, 5.74) is 0. The highest BCUT2D eigenvalue weighted by Gasteiger charge is 2.52. The van der Waals surface area contributed by atoms with Gasteiger partial charge in [0.1, 0.15) is 0 Å². The van der Waals surface area contributed by atoms with Crippen LogP contribution in [0.5, 0.6) is 0 Å². The Morgan fingerprint density at radius 2 is 1.76 bits per heavy atom. The Labute approximate surface area is 122 Å². The predicted octanol–water partition coefficient (Wildman–Crippen LogP) is 3.20. The normalized spacial score (nSPS) is 43.2. The van der Waals surface area contributed by atoms with E-state index in [1.807, 2.05) is 0 Å². The molecule has 6 heteroatoms. The molecule has 0 heterocycles. The fourth-order valence-electron chi connectivity index (χ4n) is 4.80. The molecule has 0 amide bonds. The van der Waals surface area contributed by atoms with Crippen molar-refractivity contribution < 1.29 is 23.1 Å². The van der Waals surface area contributed by atoms with Crippen molar-refractivity contribution in [2.45, 2.75) is 63.2 Å². The van der Waals surface area contributed by atoms with Crippen LogP contribution in [0.2, 0.25) is 0 Å². The average Bonchev–Trinajstić information content (AvgIpc) is 2.98. The lowest BCUT2D eigenvalue weighted by Gasteiger charge is -2.37. The molecule has 21 heavy (non-hydrogen) atoms. The molecule has 3 aliphatic rings. The molecule has 6 unspecified atom stereocenters. The molecule has 120 valence electrons. The highest BCUT2D eigenvalue weighted by Crippen LogP contribution is 2.49. The van der Waals surface area contributed by atoms with Crippen LogP contribution < -0.4 is 5.32 Å². The number of carboxylic acids is 1. The topological polar surface area (TPSA) is 49.3 Å². The third-order valence-electron chi connectivity index (χ3n) is 5.77. The zero-order chi connectivity index (χ0) is 15.2. The number of aliphatic carboxylic acids is 1. The lowest BCUT2D eigenvalue weighted by Crippen LogP contribution is -2.50. The third-order valence-corrected chi connectivity index (χ3v) is 5.77. The van der Waals surface area contributed by atoms with Gasteiger partial charge in [-0.1, -0.05) is 6.42 Å². The second kappa shape index (κ2) is 5.45. The molecule has 0 spiro atoms. The summed E-state index contributed by atoms with van der Waals surface area (Å²) in [4.78, 5) is 11.4. The van der Waals surface area contributed by atoms with Crippen LogP contribution in [0, 0.1) is 23.7 Å². The number of nitrogens with one attached hydrogen (secondary N) is 1. The second-order valence-electron chi connectivity index (χ2n) is 6.99. The molecule has 3 saturated carbocycles. The molecular formula is C15H22F3NO2. The number of rotatable bonds is 3.